The topological polar surface area (TPSA) is 101 Å². The van der Waals surface area contributed by atoms with E-state index in [4.69, 9.17) is 11.2 Å². The van der Waals surface area contributed by atoms with Crippen LogP contribution in [0.25, 0.3) is 11.0 Å². The van der Waals surface area contributed by atoms with Crippen LogP contribution in [-0.4, -0.2) is 54.3 Å². The fourth-order valence-electron chi connectivity index (χ4n) is 2.49. The lowest BCUT2D eigenvalue weighted by Gasteiger charge is -2.23. The Bertz CT molecular complexity index is 774. The van der Waals surface area contributed by atoms with Gasteiger partial charge in [-0.15, -0.1) is 6.42 Å². The third-order valence-corrected chi connectivity index (χ3v) is 3.68. The Labute approximate surface area is 122 Å². The zero-order valence-electron chi connectivity index (χ0n) is 11.0. The van der Waals surface area contributed by atoms with E-state index in [1.165, 1.54) is 0 Å². The third-order valence-electron chi connectivity index (χ3n) is 3.68. The number of hydrogen-bond donors (Lipinski definition) is 3. The molecule has 3 rings (SSSR count). The van der Waals surface area contributed by atoms with Crippen molar-refractivity contribution < 1.29 is 28.8 Å². The maximum atomic E-state index is 14.3. The molecule has 0 spiro atoms. The lowest BCUT2D eigenvalue weighted by atomic mass is 9.98. The van der Waals surface area contributed by atoms with E-state index >= 15 is 0 Å². The Balaban J connectivity index is 2.14. The number of rotatable bonds is 2. The van der Waals surface area contributed by atoms with Crippen LogP contribution in [0.3, 0.4) is 0 Å². The molecule has 9 heteroatoms. The number of fused-ring (bicyclic) bond motifs is 1. The molecule has 4 unspecified atom stereocenters. The summed E-state index contributed by atoms with van der Waals surface area (Å²) >= 11 is 0. The number of aliphatic hydroxyl groups is 2. The van der Waals surface area contributed by atoms with Crippen molar-refractivity contribution in [2.75, 3.05) is 6.61 Å². The largest absolute Gasteiger partial charge is 0.493 e. The van der Waals surface area contributed by atoms with Crippen LogP contribution in [0, 0.1) is 18.2 Å². The van der Waals surface area contributed by atoms with Crippen molar-refractivity contribution >= 4 is 11.0 Å². The van der Waals surface area contributed by atoms with Gasteiger partial charge in [0, 0.05) is 6.20 Å². The minimum Gasteiger partial charge on any atom is -0.493 e. The van der Waals surface area contributed by atoms with Crippen LogP contribution < -0.4 is 0 Å². The molecule has 22 heavy (non-hydrogen) atoms. The molecule has 0 amide bonds. The first-order valence-corrected chi connectivity index (χ1v) is 6.23. The molecular formula is C13H11F2N3O4. The summed E-state index contributed by atoms with van der Waals surface area (Å²) in [6.07, 6.45) is 1.67. The summed E-state index contributed by atoms with van der Waals surface area (Å²) in [5, 5.41) is 28.4. The van der Waals surface area contributed by atoms with Gasteiger partial charge in [0.25, 0.3) is 0 Å². The number of terminal acetylenes is 1. The van der Waals surface area contributed by atoms with Crippen LogP contribution in [0.2, 0.25) is 0 Å². The van der Waals surface area contributed by atoms with Crippen molar-refractivity contribution in [2.45, 2.75) is 24.1 Å². The van der Waals surface area contributed by atoms with Crippen molar-refractivity contribution in [3.63, 3.8) is 0 Å². The van der Waals surface area contributed by atoms with E-state index in [1.807, 2.05) is 5.92 Å². The fourth-order valence-corrected chi connectivity index (χ4v) is 2.49. The summed E-state index contributed by atoms with van der Waals surface area (Å²) < 4.78 is 34.5. The van der Waals surface area contributed by atoms with E-state index in [0.717, 1.165) is 17.1 Å². The second-order valence-electron chi connectivity index (χ2n) is 4.87. The predicted octanol–water partition coefficient (Wildman–Crippen LogP) is -0.132. The molecule has 0 aromatic carbocycles. The van der Waals surface area contributed by atoms with E-state index < -0.39 is 42.4 Å². The van der Waals surface area contributed by atoms with E-state index in [1.54, 1.807) is 0 Å². The smallest absolute Gasteiger partial charge is 0.226 e. The van der Waals surface area contributed by atoms with Gasteiger partial charge < -0.3 is 20.1 Å². The minimum atomic E-state index is -2.03. The van der Waals surface area contributed by atoms with Crippen LogP contribution in [0.15, 0.2) is 12.5 Å². The summed E-state index contributed by atoms with van der Waals surface area (Å²) in [7, 11) is 0. The molecule has 2 aromatic heterocycles. The average Bonchev–Trinajstić information content (AvgIpc) is 2.98. The predicted molar refractivity (Wildman–Crippen MR) is 68.8 cm³/mol. The molecule has 3 N–H and O–H groups in total. The van der Waals surface area contributed by atoms with Gasteiger partial charge in [-0.05, 0) is 0 Å². The minimum absolute atomic E-state index is 0.129. The van der Waals surface area contributed by atoms with E-state index in [9.17, 15) is 24.1 Å². The lowest BCUT2D eigenvalue weighted by Crippen LogP contribution is -2.44. The van der Waals surface area contributed by atoms with Crippen molar-refractivity contribution in [2.24, 2.45) is 0 Å². The third kappa shape index (κ3) is 1.78. The maximum absolute atomic E-state index is 14.3. The molecule has 0 bridgehead atoms. The number of aromatic nitrogens is 3. The summed E-state index contributed by atoms with van der Waals surface area (Å²) in [5.41, 5.74) is -2.07. The molecule has 2 aromatic rings. The van der Waals surface area contributed by atoms with Gasteiger partial charge in [0.15, 0.2) is 29.5 Å². The second-order valence-corrected chi connectivity index (χ2v) is 4.87. The van der Waals surface area contributed by atoms with Crippen molar-refractivity contribution in [3.8, 4) is 18.2 Å². The normalized spacial score (nSPS) is 31.5. The average molecular weight is 311 g/mol. The molecule has 4 atom stereocenters. The quantitative estimate of drug-likeness (QED) is 0.668. The fraction of sp³-hybridized carbons (Fsp3) is 0.385. The van der Waals surface area contributed by atoms with Gasteiger partial charge in [0.1, 0.15) is 17.8 Å². The number of nitrogens with zero attached hydrogens (tertiary/aromatic N) is 3. The highest BCUT2D eigenvalue weighted by molar-refractivity contribution is 5.81. The zero-order valence-corrected chi connectivity index (χ0v) is 11.0. The molecule has 1 saturated heterocycles. The lowest BCUT2D eigenvalue weighted by molar-refractivity contribution is -0.0899. The Morgan fingerprint density at radius 3 is 2.82 bits per heavy atom. The second kappa shape index (κ2) is 4.88. The van der Waals surface area contributed by atoms with E-state index in [2.05, 4.69) is 9.97 Å². The van der Waals surface area contributed by atoms with Crippen LogP contribution >= 0.6 is 0 Å². The maximum Gasteiger partial charge on any atom is 0.226 e. The highest BCUT2D eigenvalue weighted by atomic mass is 19.1. The van der Waals surface area contributed by atoms with Crippen LogP contribution in [0.5, 0.6) is 5.88 Å². The Morgan fingerprint density at radius 2 is 2.23 bits per heavy atom. The number of hydrogen-bond acceptors (Lipinski definition) is 6. The summed E-state index contributed by atoms with van der Waals surface area (Å²) in [6, 6.07) is 0. The molecule has 1 aliphatic heterocycles. The number of ether oxygens (including phenoxy) is 1. The number of aliphatic hydroxyl groups excluding tert-OH is 2. The first-order valence-electron chi connectivity index (χ1n) is 6.23. The van der Waals surface area contributed by atoms with Crippen molar-refractivity contribution in [1.29, 1.82) is 0 Å². The molecule has 1 fully saturated rings. The molecule has 1 aliphatic rings. The standard InChI is InChI=1S/C13H11F2N3O4/c1-2-13(4-19)9(20)8(15)12(22-13)18-3-6(14)7-10(18)16-5-17-11(7)21/h1,3,5,8-9,12,19-20H,4H2,(H,16,17,21). The number of halogens is 2. The summed E-state index contributed by atoms with van der Waals surface area (Å²) in [4.78, 5) is 7.21. The molecule has 116 valence electrons. The van der Waals surface area contributed by atoms with Crippen molar-refractivity contribution in [3.05, 3.63) is 18.3 Å². The summed E-state index contributed by atoms with van der Waals surface area (Å²) in [5.74, 6) is 0.523. The van der Waals surface area contributed by atoms with Gasteiger partial charge >= 0.3 is 0 Å². The number of aromatic hydroxyl groups is 1. The van der Waals surface area contributed by atoms with Crippen molar-refractivity contribution in [1.82, 2.24) is 14.5 Å². The van der Waals surface area contributed by atoms with Gasteiger partial charge in [0.2, 0.25) is 5.88 Å². The highest BCUT2D eigenvalue weighted by Gasteiger charge is 2.55. The highest BCUT2D eigenvalue weighted by Crippen LogP contribution is 2.41. The van der Waals surface area contributed by atoms with Gasteiger partial charge in [-0.2, -0.15) is 0 Å². The molecule has 0 saturated carbocycles. The first kappa shape index (κ1) is 14.6. The zero-order chi connectivity index (χ0) is 16.1. The molecule has 3 heterocycles. The van der Waals surface area contributed by atoms with Gasteiger partial charge in [0.05, 0.1) is 6.61 Å². The van der Waals surface area contributed by atoms with Crippen LogP contribution in [0.4, 0.5) is 8.78 Å². The van der Waals surface area contributed by atoms with Crippen LogP contribution in [0.1, 0.15) is 6.23 Å². The molecule has 0 aliphatic carbocycles. The van der Waals surface area contributed by atoms with Gasteiger partial charge in [-0.3, -0.25) is 4.57 Å². The monoisotopic (exact) mass is 311 g/mol. The Kier molecular flexibility index (Phi) is 3.25. The Morgan fingerprint density at radius 1 is 1.50 bits per heavy atom. The van der Waals surface area contributed by atoms with E-state index in [0.29, 0.717) is 0 Å². The van der Waals surface area contributed by atoms with E-state index in [-0.39, 0.29) is 11.0 Å². The summed E-state index contributed by atoms with van der Waals surface area (Å²) in [6.45, 7) is -0.816. The van der Waals surface area contributed by atoms with Gasteiger partial charge in [-0.1, -0.05) is 5.92 Å². The first-order chi connectivity index (χ1) is 10.4. The molecule has 0 radical (unpaired) electrons. The molecular weight excluding hydrogens is 300 g/mol. The molecule has 7 nitrogen and oxygen atoms in total. The van der Waals surface area contributed by atoms with Crippen LogP contribution in [-0.2, 0) is 4.74 Å². The Hall–Kier alpha value is -2.28. The number of alkyl halides is 1. The SMILES string of the molecule is C#CC1(CO)OC(n2cc(F)c3c(O)ncnc32)C(F)C1O. The van der Waals surface area contributed by atoms with Gasteiger partial charge in [-0.25, -0.2) is 18.7 Å².